The zero-order valence-corrected chi connectivity index (χ0v) is 12.0. The fourth-order valence-electron chi connectivity index (χ4n) is 2.93. The summed E-state index contributed by atoms with van der Waals surface area (Å²) in [5.41, 5.74) is 0.357. The first-order valence-corrected chi connectivity index (χ1v) is 6.79. The van der Waals surface area contributed by atoms with E-state index in [0.29, 0.717) is 17.1 Å². The van der Waals surface area contributed by atoms with Gasteiger partial charge in [0.15, 0.2) is 11.2 Å². The lowest BCUT2D eigenvalue weighted by Gasteiger charge is -2.16. The van der Waals surface area contributed by atoms with Crippen LogP contribution < -0.4 is 11.2 Å². The number of aromatic nitrogens is 4. The quantitative estimate of drug-likeness (QED) is 0.722. The van der Waals surface area contributed by atoms with E-state index in [1.807, 2.05) is 11.6 Å². The summed E-state index contributed by atoms with van der Waals surface area (Å²) in [5, 5.41) is 0. The maximum absolute atomic E-state index is 12.3. The highest BCUT2D eigenvalue weighted by Crippen LogP contribution is 2.29. The number of hydrogen-bond donors (Lipinski definition) is 0. The Morgan fingerprint density at radius 1 is 1.10 bits per heavy atom. The van der Waals surface area contributed by atoms with Crippen LogP contribution in [0.5, 0.6) is 0 Å². The lowest BCUT2D eigenvalue weighted by atomic mass is 9.94. The second-order valence-electron chi connectivity index (χ2n) is 5.39. The molecule has 0 bridgehead atoms. The molecule has 3 rings (SSSR count). The molecule has 2 aromatic rings. The maximum Gasteiger partial charge on any atom is 0.332 e. The highest BCUT2D eigenvalue weighted by molar-refractivity contribution is 5.71. The Kier molecular flexibility index (Phi) is 2.88. The molecule has 6 heteroatoms. The molecule has 0 saturated heterocycles. The number of hydrogen-bond acceptors (Lipinski definition) is 3. The van der Waals surface area contributed by atoms with E-state index < -0.39 is 0 Å². The van der Waals surface area contributed by atoms with Crippen LogP contribution in [0.15, 0.2) is 21.7 Å². The predicted molar refractivity (Wildman–Crippen MR) is 76.9 cm³/mol. The third-order valence-electron chi connectivity index (χ3n) is 4.14. The predicted octanol–water partition coefficient (Wildman–Crippen LogP) is 0.794. The largest absolute Gasteiger partial charge is 0.332 e. The standard InChI is InChI=1S/C14H18N4O2/c1-16-10-12(17(2)14(20)18(3)13(10)19)15-11(16)9-7-5-4-6-8-9/h4-5,9H,6-8H2,1-3H3/t9-/m0/s1. The summed E-state index contributed by atoms with van der Waals surface area (Å²) >= 11 is 0. The molecular weight excluding hydrogens is 256 g/mol. The molecular formula is C14H18N4O2. The molecule has 0 unspecified atom stereocenters. The van der Waals surface area contributed by atoms with Crippen LogP contribution in [0.25, 0.3) is 11.2 Å². The van der Waals surface area contributed by atoms with Gasteiger partial charge in [-0.1, -0.05) is 12.2 Å². The van der Waals surface area contributed by atoms with E-state index in [9.17, 15) is 9.59 Å². The highest BCUT2D eigenvalue weighted by Gasteiger charge is 2.22. The molecule has 0 radical (unpaired) electrons. The zero-order chi connectivity index (χ0) is 14.4. The first kappa shape index (κ1) is 12.9. The molecule has 0 amide bonds. The molecule has 0 N–H and O–H groups in total. The summed E-state index contributed by atoms with van der Waals surface area (Å²) in [6.07, 6.45) is 7.33. The van der Waals surface area contributed by atoms with E-state index in [1.165, 1.54) is 11.6 Å². The van der Waals surface area contributed by atoms with Gasteiger partial charge in [0.25, 0.3) is 5.56 Å². The number of allylic oxidation sites excluding steroid dienone is 2. The number of rotatable bonds is 1. The molecule has 2 heterocycles. The normalized spacial score (nSPS) is 18.9. The van der Waals surface area contributed by atoms with Crippen LogP contribution in [0, 0.1) is 0 Å². The summed E-state index contributed by atoms with van der Waals surface area (Å²) < 4.78 is 4.42. The third-order valence-corrected chi connectivity index (χ3v) is 4.14. The van der Waals surface area contributed by atoms with E-state index in [2.05, 4.69) is 17.1 Å². The molecule has 0 spiro atoms. The number of imidazole rings is 1. The number of aryl methyl sites for hydroxylation is 2. The van der Waals surface area contributed by atoms with Gasteiger partial charge in [-0.2, -0.15) is 0 Å². The summed E-state index contributed by atoms with van der Waals surface area (Å²) in [6.45, 7) is 0. The van der Waals surface area contributed by atoms with E-state index >= 15 is 0 Å². The monoisotopic (exact) mass is 274 g/mol. The average molecular weight is 274 g/mol. The zero-order valence-electron chi connectivity index (χ0n) is 12.0. The summed E-state index contributed by atoms with van der Waals surface area (Å²) in [4.78, 5) is 28.8. The Labute approximate surface area is 116 Å². The van der Waals surface area contributed by atoms with Crippen molar-refractivity contribution in [2.45, 2.75) is 25.2 Å². The van der Waals surface area contributed by atoms with Crippen LogP contribution in [-0.4, -0.2) is 18.7 Å². The Bertz CT molecular complexity index is 822. The minimum atomic E-state index is -0.337. The average Bonchev–Trinajstić information content (AvgIpc) is 2.81. The van der Waals surface area contributed by atoms with Gasteiger partial charge in [-0.15, -0.1) is 0 Å². The number of nitrogens with zero attached hydrogens (tertiary/aromatic N) is 4. The van der Waals surface area contributed by atoms with Crippen molar-refractivity contribution in [3.05, 3.63) is 38.8 Å². The minimum Gasteiger partial charge on any atom is -0.325 e. The molecule has 20 heavy (non-hydrogen) atoms. The van der Waals surface area contributed by atoms with Crippen LogP contribution in [0.1, 0.15) is 31.0 Å². The van der Waals surface area contributed by atoms with Crippen molar-refractivity contribution in [1.29, 1.82) is 0 Å². The van der Waals surface area contributed by atoms with E-state index in [1.54, 1.807) is 7.05 Å². The molecule has 106 valence electrons. The van der Waals surface area contributed by atoms with Gasteiger partial charge in [-0.05, 0) is 19.3 Å². The van der Waals surface area contributed by atoms with Crippen LogP contribution >= 0.6 is 0 Å². The molecule has 0 aliphatic heterocycles. The maximum atomic E-state index is 12.3. The fraction of sp³-hybridized carbons (Fsp3) is 0.500. The van der Waals surface area contributed by atoms with Crippen molar-refractivity contribution in [2.24, 2.45) is 21.1 Å². The van der Waals surface area contributed by atoms with Gasteiger partial charge in [0.1, 0.15) is 5.82 Å². The Morgan fingerprint density at radius 3 is 2.50 bits per heavy atom. The highest BCUT2D eigenvalue weighted by atomic mass is 16.2. The number of fused-ring (bicyclic) bond motifs is 1. The van der Waals surface area contributed by atoms with Crippen molar-refractivity contribution in [3.8, 4) is 0 Å². The Morgan fingerprint density at radius 2 is 1.85 bits per heavy atom. The van der Waals surface area contributed by atoms with Gasteiger partial charge in [-0.3, -0.25) is 13.9 Å². The van der Waals surface area contributed by atoms with Gasteiger partial charge in [-0.25, -0.2) is 9.78 Å². The molecule has 1 aliphatic rings. The smallest absolute Gasteiger partial charge is 0.325 e. The molecule has 2 aromatic heterocycles. The van der Waals surface area contributed by atoms with Crippen LogP contribution in [0.2, 0.25) is 0 Å². The van der Waals surface area contributed by atoms with Gasteiger partial charge < -0.3 is 4.57 Å². The lowest BCUT2D eigenvalue weighted by molar-refractivity contribution is 0.565. The van der Waals surface area contributed by atoms with E-state index in [0.717, 1.165) is 29.7 Å². The molecule has 6 nitrogen and oxygen atoms in total. The van der Waals surface area contributed by atoms with Gasteiger partial charge >= 0.3 is 5.69 Å². The van der Waals surface area contributed by atoms with Crippen LogP contribution in [0.4, 0.5) is 0 Å². The van der Waals surface area contributed by atoms with Crippen LogP contribution in [0.3, 0.4) is 0 Å². The first-order chi connectivity index (χ1) is 9.52. The SMILES string of the molecule is Cn1c(=O)c2c(nc([C@H]3CC=CCC3)n2C)n(C)c1=O. The van der Waals surface area contributed by atoms with Crippen molar-refractivity contribution >= 4 is 11.2 Å². The van der Waals surface area contributed by atoms with Crippen molar-refractivity contribution in [1.82, 2.24) is 18.7 Å². The minimum absolute atomic E-state index is 0.282. The second kappa shape index (κ2) is 4.47. The first-order valence-electron chi connectivity index (χ1n) is 6.79. The molecule has 1 aliphatic carbocycles. The van der Waals surface area contributed by atoms with Gasteiger partial charge in [0.05, 0.1) is 0 Å². The Hall–Kier alpha value is -2.11. The van der Waals surface area contributed by atoms with Crippen molar-refractivity contribution in [2.75, 3.05) is 0 Å². The van der Waals surface area contributed by atoms with E-state index in [-0.39, 0.29) is 11.2 Å². The summed E-state index contributed by atoms with van der Waals surface area (Å²) in [5.74, 6) is 1.21. The van der Waals surface area contributed by atoms with Crippen molar-refractivity contribution < 1.29 is 0 Å². The molecule has 1 atom stereocenters. The Balaban J connectivity index is 2.33. The van der Waals surface area contributed by atoms with Gasteiger partial charge in [0, 0.05) is 27.1 Å². The second-order valence-corrected chi connectivity index (χ2v) is 5.39. The third kappa shape index (κ3) is 1.67. The van der Waals surface area contributed by atoms with Crippen LogP contribution in [-0.2, 0) is 21.1 Å². The van der Waals surface area contributed by atoms with E-state index in [4.69, 9.17) is 0 Å². The topological polar surface area (TPSA) is 61.8 Å². The summed E-state index contributed by atoms with van der Waals surface area (Å²) in [6, 6.07) is 0. The van der Waals surface area contributed by atoms with Crippen molar-refractivity contribution in [3.63, 3.8) is 0 Å². The summed E-state index contributed by atoms with van der Waals surface area (Å²) in [7, 11) is 5.01. The fourth-order valence-corrected chi connectivity index (χ4v) is 2.93. The lowest BCUT2D eigenvalue weighted by Crippen LogP contribution is -2.37. The van der Waals surface area contributed by atoms with Gasteiger partial charge in [0.2, 0.25) is 0 Å². The molecule has 0 fully saturated rings. The molecule has 0 aromatic carbocycles. The molecule has 0 saturated carbocycles.